The van der Waals surface area contributed by atoms with Gasteiger partial charge in [0.2, 0.25) is 0 Å². The Kier molecular flexibility index (Phi) is 21.7. The molecule has 0 heterocycles. The molecule has 6 heteroatoms. The Morgan fingerprint density at radius 2 is 0.964 bits per heavy atom. The summed E-state index contributed by atoms with van der Waals surface area (Å²) in [5, 5.41) is 0. The molecule has 0 spiro atoms. The highest BCUT2D eigenvalue weighted by Gasteiger charge is 2.25. The Morgan fingerprint density at radius 1 is 0.607 bits per heavy atom. The minimum atomic E-state index is -2.87. The van der Waals surface area contributed by atoms with Crippen molar-refractivity contribution in [2.75, 3.05) is 38.2 Å². The molecule has 0 saturated heterocycles. The van der Waals surface area contributed by atoms with Crippen LogP contribution in [0.25, 0.3) is 0 Å². The number of unbranched alkanes of at least 4 members (excludes halogenated alkanes) is 9. The van der Waals surface area contributed by atoms with Crippen LogP contribution in [0.3, 0.4) is 0 Å². The van der Waals surface area contributed by atoms with Crippen LogP contribution >= 0.6 is 27.8 Å². The lowest BCUT2D eigenvalue weighted by atomic mass is 10.1. The average molecular weight is 504 g/mol. The van der Waals surface area contributed by atoms with Gasteiger partial charge in [0.05, 0.1) is 26.2 Å². The zero-order valence-corrected chi connectivity index (χ0v) is 22.6. The first-order valence-corrected chi connectivity index (χ1v) is 15.0. The van der Waals surface area contributed by atoms with Crippen LogP contribution in [0.1, 0.15) is 104 Å². The molecule has 0 rings (SSSR count). The minimum absolute atomic E-state index is 0. The maximum atomic E-state index is 11.2. The Bertz CT molecular complexity index is 404. The van der Waals surface area contributed by atoms with E-state index in [1.165, 1.54) is 114 Å². The van der Waals surface area contributed by atoms with E-state index < -0.39 is 8.87 Å². The highest BCUT2D eigenvalue weighted by Crippen LogP contribution is 2.19. The average Bonchev–Trinajstić information content (AvgIpc) is 2.60. The molecule has 0 aromatic carbocycles. The van der Waals surface area contributed by atoms with Gasteiger partial charge in [0.1, 0.15) is 0 Å². The van der Waals surface area contributed by atoms with Crippen molar-refractivity contribution in [2.45, 2.75) is 104 Å². The smallest absolute Gasteiger partial charge is 0.198 e. The molecule has 0 radical (unpaired) electrons. The molecule has 0 aliphatic heterocycles. The van der Waals surface area contributed by atoms with Gasteiger partial charge in [0.25, 0.3) is 0 Å². The summed E-state index contributed by atoms with van der Waals surface area (Å²) in [7, 11) is -1.76. The second-order valence-corrected chi connectivity index (χ2v) is 12.9. The summed E-state index contributed by atoms with van der Waals surface area (Å²) in [6.45, 7) is 12.3. The summed E-state index contributed by atoms with van der Waals surface area (Å²) in [5.74, 6) is 0.752. The molecule has 0 amide bonds. The second kappa shape index (κ2) is 19.7. The summed E-state index contributed by atoms with van der Waals surface area (Å²) in [4.78, 5) is 0. The van der Waals surface area contributed by atoms with E-state index in [1.807, 2.05) is 0 Å². The summed E-state index contributed by atoms with van der Waals surface area (Å²) in [5.41, 5.74) is 0. The molecule has 0 N–H and O–H groups in total. The van der Waals surface area contributed by atoms with E-state index in [0.717, 1.165) is 23.0 Å². The van der Waals surface area contributed by atoms with Gasteiger partial charge >= 0.3 is 0 Å². The largest absolute Gasteiger partial charge is 0.324 e. The molecule has 0 aliphatic rings. The van der Waals surface area contributed by atoms with Crippen molar-refractivity contribution in [1.82, 2.24) is 0 Å². The van der Waals surface area contributed by atoms with Crippen LogP contribution in [-0.4, -0.2) is 51.1 Å². The summed E-state index contributed by atoms with van der Waals surface area (Å²) >= 11 is 0. The van der Waals surface area contributed by atoms with Gasteiger partial charge in [-0.3, -0.25) is 0 Å². The number of hydrogen-bond donors (Lipinski definition) is 0. The Balaban J connectivity index is 0. The van der Waals surface area contributed by atoms with Crippen molar-refractivity contribution in [1.29, 1.82) is 0 Å². The van der Waals surface area contributed by atoms with Gasteiger partial charge in [0.15, 0.2) is 8.87 Å². The third kappa shape index (κ3) is 18.7. The predicted octanol–water partition coefficient (Wildman–Crippen LogP) is 7.20. The van der Waals surface area contributed by atoms with Gasteiger partial charge in [0, 0.05) is 12.0 Å². The SMILES string of the molecule is Br.CCCCC[N+](CCCCC)(CCCCC)CCCCCCSS(C)(=O)=O. The van der Waals surface area contributed by atoms with Crippen LogP contribution < -0.4 is 0 Å². The molecule has 0 unspecified atom stereocenters. The third-order valence-corrected chi connectivity index (χ3v) is 8.20. The summed E-state index contributed by atoms with van der Waals surface area (Å²) in [6.07, 6.45) is 18.2. The predicted molar refractivity (Wildman–Crippen MR) is 134 cm³/mol. The van der Waals surface area contributed by atoms with Crippen molar-refractivity contribution < 1.29 is 12.9 Å². The molecule has 0 aromatic heterocycles. The van der Waals surface area contributed by atoms with Crippen LogP contribution in [0.4, 0.5) is 0 Å². The third-order valence-electron chi connectivity index (χ3n) is 5.53. The van der Waals surface area contributed by atoms with Crippen molar-refractivity contribution in [3.05, 3.63) is 0 Å². The summed E-state index contributed by atoms with van der Waals surface area (Å²) in [6, 6.07) is 0. The van der Waals surface area contributed by atoms with Gasteiger partial charge < -0.3 is 4.48 Å². The molecule has 172 valence electrons. The van der Waals surface area contributed by atoms with E-state index in [0.29, 0.717) is 0 Å². The van der Waals surface area contributed by atoms with Crippen molar-refractivity contribution in [3.8, 4) is 0 Å². The van der Waals surface area contributed by atoms with E-state index in [2.05, 4.69) is 20.8 Å². The zero-order valence-electron chi connectivity index (χ0n) is 19.2. The molecule has 0 saturated carbocycles. The first-order valence-electron chi connectivity index (χ1n) is 11.6. The fourth-order valence-electron chi connectivity index (χ4n) is 3.88. The number of quaternary nitrogens is 1. The van der Waals surface area contributed by atoms with Gasteiger partial charge in [-0.25, -0.2) is 8.42 Å². The van der Waals surface area contributed by atoms with Crippen LogP contribution in [0.5, 0.6) is 0 Å². The highest BCUT2D eigenvalue weighted by molar-refractivity contribution is 8.93. The Labute approximate surface area is 191 Å². The normalized spacial score (nSPS) is 12.1. The van der Waals surface area contributed by atoms with E-state index in [4.69, 9.17) is 0 Å². The molecule has 28 heavy (non-hydrogen) atoms. The standard InChI is InChI=1S/C22H48NO2S2.BrH/c1-5-8-13-18-23(19-14-9-6-2,20-15-10-7-3)21-16-11-12-17-22-26-27(4,24)25;/h5-22H2,1-4H3;1H/q+1;. The number of hydrogen-bond acceptors (Lipinski definition) is 3. The van der Waals surface area contributed by atoms with Gasteiger partial charge in [-0.05, 0) is 68.6 Å². The molecule has 0 atom stereocenters. The molecular formula is C22H49BrNO2S2+. The lowest BCUT2D eigenvalue weighted by molar-refractivity contribution is -0.929. The fourth-order valence-corrected chi connectivity index (χ4v) is 5.76. The monoisotopic (exact) mass is 502 g/mol. The molecule has 0 aromatic rings. The summed E-state index contributed by atoms with van der Waals surface area (Å²) < 4.78 is 23.7. The van der Waals surface area contributed by atoms with Crippen LogP contribution in [0, 0.1) is 0 Å². The van der Waals surface area contributed by atoms with Crippen LogP contribution in [0.2, 0.25) is 0 Å². The maximum absolute atomic E-state index is 11.2. The number of halogens is 1. The lowest BCUT2D eigenvalue weighted by Crippen LogP contribution is -2.50. The molecule has 3 nitrogen and oxygen atoms in total. The van der Waals surface area contributed by atoms with Gasteiger partial charge in [-0.2, -0.15) is 0 Å². The molecule has 0 bridgehead atoms. The molecule has 0 fully saturated rings. The fraction of sp³-hybridized carbons (Fsp3) is 1.00. The van der Waals surface area contributed by atoms with Gasteiger partial charge in [-0.1, -0.05) is 46.5 Å². The lowest BCUT2D eigenvalue weighted by Gasteiger charge is -2.39. The van der Waals surface area contributed by atoms with E-state index in [-0.39, 0.29) is 17.0 Å². The Hall–Kier alpha value is 0.740. The topological polar surface area (TPSA) is 34.1 Å². The van der Waals surface area contributed by atoms with Crippen LogP contribution in [-0.2, 0) is 8.87 Å². The number of nitrogens with zero attached hydrogens (tertiary/aromatic N) is 1. The molecular weight excluding hydrogens is 454 g/mol. The minimum Gasteiger partial charge on any atom is -0.324 e. The van der Waals surface area contributed by atoms with E-state index in [9.17, 15) is 8.42 Å². The highest BCUT2D eigenvalue weighted by atomic mass is 79.9. The van der Waals surface area contributed by atoms with Crippen molar-refractivity contribution in [2.24, 2.45) is 0 Å². The van der Waals surface area contributed by atoms with Crippen LogP contribution in [0.15, 0.2) is 0 Å². The Morgan fingerprint density at radius 3 is 1.32 bits per heavy atom. The first-order chi connectivity index (χ1) is 12.9. The van der Waals surface area contributed by atoms with Crippen molar-refractivity contribution in [3.63, 3.8) is 0 Å². The maximum Gasteiger partial charge on any atom is 0.198 e. The van der Waals surface area contributed by atoms with Crippen molar-refractivity contribution >= 4 is 36.6 Å². The number of rotatable bonds is 20. The molecule has 0 aliphatic carbocycles. The second-order valence-electron chi connectivity index (χ2n) is 8.30. The van der Waals surface area contributed by atoms with Gasteiger partial charge in [-0.15, -0.1) is 17.0 Å². The first kappa shape index (κ1) is 30.9. The zero-order chi connectivity index (χ0) is 20.4. The van der Waals surface area contributed by atoms with E-state index >= 15 is 0 Å². The van der Waals surface area contributed by atoms with E-state index in [1.54, 1.807) is 0 Å². The quantitative estimate of drug-likeness (QED) is 0.100.